The van der Waals surface area contributed by atoms with Crippen LogP contribution in [0.15, 0.2) is 66.1 Å². The van der Waals surface area contributed by atoms with Gasteiger partial charge in [0, 0.05) is 18.3 Å². The fraction of sp³-hybridized carbons (Fsp3) is 0.367. The van der Waals surface area contributed by atoms with E-state index in [1.54, 1.807) is 24.4 Å². The Bertz CT molecular complexity index is 2000. The molecule has 5 aromatic heterocycles. The number of nitrogens with two attached hydrogens (primary N) is 1. The number of rotatable bonds is 4. The van der Waals surface area contributed by atoms with Crippen molar-refractivity contribution in [3.05, 3.63) is 72.6 Å². The van der Waals surface area contributed by atoms with Crippen LogP contribution in [-0.2, 0) is 15.4 Å². The fourth-order valence-corrected chi connectivity index (χ4v) is 7.03. The number of hydrogen-bond acceptors (Lipinski definition) is 9. The van der Waals surface area contributed by atoms with Crippen LogP contribution in [0, 0.1) is 5.92 Å². The number of fused-ring (bicyclic) bond motifs is 4. The maximum absolute atomic E-state index is 12.9. The van der Waals surface area contributed by atoms with Gasteiger partial charge in [-0.25, -0.2) is 33.2 Å². The molecule has 224 valence electrons. The summed E-state index contributed by atoms with van der Waals surface area (Å²) in [5.74, 6) is 7.97. The quantitative estimate of drug-likeness (QED) is 0.183. The van der Waals surface area contributed by atoms with E-state index in [9.17, 15) is 8.42 Å². The molecule has 43 heavy (non-hydrogen) atoms. The summed E-state index contributed by atoms with van der Waals surface area (Å²) in [6.45, 7) is 8.57. The third-order valence-corrected chi connectivity index (χ3v) is 9.87. The molecule has 0 bridgehead atoms. The number of anilines is 1. The number of hydrogen-bond donors (Lipinski definition) is 3. The van der Waals surface area contributed by atoms with Gasteiger partial charge in [-0.15, -0.1) is 10.2 Å². The van der Waals surface area contributed by atoms with Crippen molar-refractivity contribution in [2.75, 3.05) is 5.43 Å². The van der Waals surface area contributed by atoms with E-state index in [1.807, 2.05) is 18.3 Å². The van der Waals surface area contributed by atoms with Gasteiger partial charge >= 0.3 is 0 Å². The van der Waals surface area contributed by atoms with Crippen LogP contribution in [0.2, 0.25) is 0 Å². The number of nitrogens with one attached hydrogen (secondary N) is 2. The van der Waals surface area contributed by atoms with Crippen molar-refractivity contribution in [2.45, 2.75) is 69.6 Å². The molecule has 13 heteroatoms. The highest BCUT2D eigenvalue weighted by Crippen LogP contribution is 2.37. The van der Waals surface area contributed by atoms with Crippen molar-refractivity contribution in [3.8, 4) is 0 Å². The van der Waals surface area contributed by atoms with E-state index in [0.29, 0.717) is 23.2 Å². The molecule has 1 fully saturated rings. The molecule has 1 aromatic carbocycles. The number of benzene rings is 1. The predicted molar refractivity (Wildman–Crippen MR) is 166 cm³/mol. The Labute approximate surface area is 249 Å². The van der Waals surface area contributed by atoms with Crippen molar-refractivity contribution < 1.29 is 8.42 Å². The molecule has 1 aliphatic carbocycles. The van der Waals surface area contributed by atoms with E-state index in [1.165, 1.54) is 38.1 Å². The average Bonchev–Trinajstić information content (AvgIpc) is 3.75. The lowest BCUT2D eigenvalue weighted by Crippen LogP contribution is -2.17. The first-order valence-electron chi connectivity index (χ1n) is 14.4. The highest BCUT2D eigenvalue weighted by atomic mass is 32.2. The van der Waals surface area contributed by atoms with Crippen molar-refractivity contribution in [1.29, 1.82) is 0 Å². The summed E-state index contributed by atoms with van der Waals surface area (Å²) in [4.78, 5) is 16.1. The van der Waals surface area contributed by atoms with Crippen LogP contribution in [-0.4, -0.2) is 46.9 Å². The van der Waals surface area contributed by atoms with E-state index < -0.39 is 10.0 Å². The Morgan fingerprint density at radius 3 is 2.49 bits per heavy atom. The first-order chi connectivity index (χ1) is 20.6. The molecule has 2 atom stereocenters. The standard InChI is InChI=1S/C16H19N5O2S.C14H17N5/c1-16(2,3)11-4-6-12(7-5-11)24(22,23)21-9-8-13-15(21)18-10-14(19-13)20-17;1-9-4-2-3-5-10(9)14-18-17-12-8-16-13-11(19(12)14)6-7-15-13/h4-10H,17H2,1-3H3,(H,19,20);6-10,15H,2-5H2,1H3. The lowest BCUT2D eigenvalue weighted by molar-refractivity contribution is 0.319. The van der Waals surface area contributed by atoms with Crippen molar-refractivity contribution >= 4 is 43.8 Å². The van der Waals surface area contributed by atoms with Crippen molar-refractivity contribution in [3.63, 3.8) is 0 Å². The van der Waals surface area contributed by atoms with Gasteiger partial charge in [0.15, 0.2) is 22.8 Å². The topological polar surface area (TPSA) is 162 Å². The van der Waals surface area contributed by atoms with Gasteiger partial charge in [-0.1, -0.05) is 59.1 Å². The monoisotopic (exact) mass is 600 g/mol. The average molecular weight is 601 g/mol. The molecule has 0 radical (unpaired) electrons. The predicted octanol–water partition coefficient (Wildman–Crippen LogP) is 5.15. The summed E-state index contributed by atoms with van der Waals surface area (Å²) in [5.41, 5.74) is 6.94. The van der Waals surface area contributed by atoms with Gasteiger partial charge in [0.25, 0.3) is 10.0 Å². The highest BCUT2D eigenvalue weighted by molar-refractivity contribution is 7.90. The Balaban J connectivity index is 0.000000157. The first-order valence-corrected chi connectivity index (χ1v) is 15.9. The summed E-state index contributed by atoms with van der Waals surface area (Å²) in [6.07, 6.45) is 11.7. The molecule has 1 saturated carbocycles. The van der Waals surface area contributed by atoms with Crippen LogP contribution in [0.4, 0.5) is 5.82 Å². The Hall–Kier alpha value is -4.36. The van der Waals surface area contributed by atoms with Gasteiger partial charge in [0.2, 0.25) is 0 Å². The third kappa shape index (κ3) is 5.34. The zero-order chi connectivity index (χ0) is 30.4. The molecule has 4 N–H and O–H groups in total. The molecule has 0 amide bonds. The molecule has 0 aliphatic heterocycles. The van der Waals surface area contributed by atoms with Gasteiger partial charge in [0.05, 0.1) is 22.8 Å². The van der Waals surface area contributed by atoms with Gasteiger partial charge in [-0.2, -0.15) is 0 Å². The molecule has 12 nitrogen and oxygen atoms in total. The van der Waals surface area contributed by atoms with Crippen molar-refractivity contribution in [1.82, 2.24) is 38.5 Å². The zero-order valence-electron chi connectivity index (χ0n) is 24.7. The van der Waals surface area contributed by atoms with E-state index in [0.717, 1.165) is 32.2 Å². The minimum absolute atomic E-state index is 0.0421. The lowest BCUT2D eigenvalue weighted by atomic mass is 9.80. The smallest absolute Gasteiger partial charge is 0.269 e. The van der Waals surface area contributed by atoms with Crippen LogP contribution in [0.1, 0.15) is 70.7 Å². The number of nitrogen functional groups attached to an aromatic ring is 1. The minimum atomic E-state index is -3.74. The summed E-state index contributed by atoms with van der Waals surface area (Å²) >= 11 is 0. The molecule has 6 aromatic rings. The maximum atomic E-state index is 12.9. The zero-order valence-corrected chi connectivity index (χ0v) is 25.5. The number of aromatic nitrogens is 8. The van der Waals surface area contributed by atoms with E-state index in [2.05, 4.69) is 73.7 Å². The summed E-state index contributed by atoms with van der Waals surface area (Å²) in [7, 11) is -3.74. The molecule has 7 rings (SSSR count). The molecule has 5 heterocycles. The van der Waals surface area contributed by atoms with Crippen LogP contribution in [0.5, 0.6) is 0 Å². The molecular formula is C30H36N10O2S. The van der Waals surface area contributed by atoms with E-state index in [-0.39, 0.29) is 16.0 Å². The van der Waals surface area contributed by atoms with Crippen LogP contribution >= 0.6 is 0 Å². The Kier molecular flexibility index (Phi) is 7.38. The second kappa shape index (κ2) is 11.0. The highest BCUT2D eigenvalue weighted by Gasteiger charge is 2.28. The third-order valence-electron chi connectivity index (χ3n) is 8.19. The number of aromatic amines is 1. The molecule has 0 spiro atoms. The first kappa shape index (κ1) is 28.7. The maximum Gasteiger partial charge on any atom is 0.269 e. The molecule has 0 saturated heterocycles. The van der Waals surface area contributed by atoms with Gasteiger partial charge in [-0.05, 0) is 47.6 Å². The SMILES string of the molecule is CC(C)(C)c1ccc(S(=O)(=O)n2ccc3nc(NN)cnc32)cc1.CC1CCCCC1c1nnc2cnc3[nH]ccc3n12. The van der Waals surface area contributed by atoms with E-state index in [4.69, 9.17) is 5.84 Å². The normalized spacial score (nSPS) is 17.7. The number of nitrogens with zero attached hydrogens (tertiary/aromatic N) is 7. The van der Waals surface area contributed by atoms with Crippen LogP contribution < -0.4 is 11.3 Å². The Morgan fingerprint density at radius 1 is 1.00 bits per heavy atom. The number of H-pyrrole nitrogens is 1. The van der Waals surface area contributed by atoms with Gasteiger partial charge in [-0.3, -0.25) is 4.40 Å². The fourth-order valence-electron chi connectivity index (χ4n) is 5.73. The van der Waals surface area contributed by atoms with Crippen LogP contribution in [0.3, 0.4) is 0 Å². The van der Waals surface area contributed by atoms with E-state index >= 15 is 0 Å². The molecule has 2 unspecified atom stereocenters. The number of hydrazine groups is 1. The summed E-state index contributed by atoms with van der Waals surface area (Å²) < 4.78 is 29.1. The van der Waals surface area contributed by atoms with Crippen molar-refractivity contribution in [2.24, 2.45) is 11.8 Å². The molecule has 1 aliphatic rings. The lowest BCUT2D eigenvalue weighted by Gasteiger charge is -2.27. The van der Waals surface area contributed by atoms with Crippen LogP contribution in [0.25, 0.3) is 28.0 Å². The van der Waals surface area contributed by atoms with Gasteiger partial charge in [0.1, 0.15) is 11.3 Å². The molecular weight excluding hydrogens is 564 g/mol. The largest absolute Gasteiger partial charge is 0.345 e. The summed E-state index contributed by atoms with van der Waals surface area (Å²) in [6, 6.07) is 10.5. The van der Waals surface area contributed by atoms with Gasteiger partial charge < -0.3 is 10.4 Å². The summed E-state index contributed by atoms with van der Waals surface area (Å²) in [5, 5.41) is 8.75. The second-order valence-electron chi connectivity index (χ2n) is 12.1. The minimum Gasteiger partial charge on any atom is -0.345 e. The second-order valence-corrected chi connectivity index (χ2v) is 13.9. The Morgan fingerprint density at radius 2 is 1.77 bits per heavy atom.